The number of piperidine rings is 1. The van der Waals surface area contributed by atoms with Crippen LogP contribution < -0.4 is 4.74 Å². The second-order valence-corrected chi connectivity index (χ2v) is 12.7. The zero-order chi connectivity index (χ0) is 24.0. The zero-order valence-corrected chi connectivity index (χ0v) is 24.3. The third-order valence-electron chi connectivity index (χ3n) is 9.64. The highest BCUT2D eigenvalue weighted by Gasteiger charge is 2.55. The Bertz CT molecular complexity index is 1100. The summed E-state index contributed by atoms with van der Waals surface area (Å²) in [6.45, 7) is 6.77. The molecule has 2 aromatic carbocycles. The number of aromatic hydroxyl groups is 1. The quantitative estimate of drug-likeness (QED) is 0.346. The summed E-state index contributed by atoms with van der Waals surface area (Å²) in [6, 6.07) is 15.2. The van der Waals surface area contributed by atoms with Gasteiger partial charge in [0.05, 0.1) is 0 Å². The Morgan fingerprint density at radius 2 is 1.86 bits per heavy atom. The fraction of sp³-hybridized carbons (Fsp3) is 0.548. The Balaban J connectivity index is 0.00000267. The lowest BCUT2D eigenvalue weighted by molar-refractivity contribution is 0.0637. The van der Waals surface area contributed by atoms with Crippen LogP contribution >= 0.6 is 35.0 Å². The standard InChI is InChI=1S/C31H38INO2.ClH/c1-31-20-27(21-5-9-24(10-6-21)35-18-17-33-15-3-2-4-16-33)30-25-12-8-23(34)19-22(25)7-11-26(30)28(31)13-14-29(31)32;/h5-6,8-10,12,14,19,26-28,30,34H,2-4,7,11,13,15-18,20H2,1H3;1H/t26-,27+,28-,30+,31-;/m0./s1. The molecule has 5 atom stereocenters. The number of rotatable bonds is 5. The van der Waals surface area contributed by atoms with Crippen molar-refractivity contribution in [2.24, 2.45) is 17.3 Å². The summed E-state index contributed by atoms with van der Waals surface area (Å²) in [6.07, 6.45) is 11.3. The summed E-state index contributed by atoms with van der Waals surface area (Å²) in [7, 11) is 0. The number of allylic oxidation sites excluding steroid dienone is 2. The number of phenolic OH excluding ortho intramolecular Hbond substituents is 1. The molecule has 4 aliphatic rings. The van der Waals surface area contributed by atoms with Gasteiger partial charge in [-0.3, -0.25) is 4.90 Å². The van der Waals surface area contributed by atoms with Crippen molar-refractivity contribution in [2.75, 3.05) is 26.2 Å². The van der Waals surface area contributed by atoms with Gasteiger partial charge in [-0.2, -0.15) is 0 Å². The van der Waals surface area contributed by atoms with Crippen LogP contribution in [0.3, 0.4) is 0 Å². The van der Waals surface area contributed by atoms with Gasteiger partial charge in [-0.15, -0.1) is 12.4 Å². The van der Waals surface area contributed by atoms with Gasteiger partial charge in [-0.05, 0) is 142 Å². The molecule has 36 heavy (non-hydrogen) atoms. The van der Waals surface area contributed by atoms with Crippen LogP contribution in [-0.2, 0) is 6.42 Å². The molecule has 194 valence electrons. The van der Waals surface area contributed by atoms with Crippen LogP contribution in [0.25, 0.3) is 0 Å². The molecule has 1 heterocycles. The molecule has 0 amide bonds. The van der Waals surface area contributed by atoms with Crippen LogP contribution in [0, 0.1) is 17.3 Å². The van der Waals surface area contributed by atoms with Gasteiger partial charge in [0.15, 0.2) is 0 Å². The van der Waals surface area contributed by atoms with Gasteiger partial charge in [0, 0.05) is 12.0 Å². The van der Waals surface area contributed by atoms with Crippen molar-refractivity contribution in [2.45, 2.75) is 63.7 Å². The van der Waals surface area contributed by atoms with Crippen LogP contribution in [0.1, 0.15) is 74.0 Å². The van der Waals surface area contributed by atoms with Gasteiger partial charge < -0.3 is 9.84 Å². The molecular formula is C31H39ClINO2. The van der Waals surface area contributed by atoms with Crippen molar-refractivity contribution in [3.05, 3.63) is 68.8 Å². The Kier molecular flexibility index (Phi) is 7.96. The number of phenols is 1. The minimum absolute atomic E-state index is 0. The van der Waals surface area contributed by atoms with E-state index in [-0.39, 0.29) is 17.8 Å². The van der Waals surface area contributed by atoms with Crippen LogP contribution in [-0.4, -0.2) is 36.2 Å². The molecule has 1 saturated carbocycles. The third kappa shape index (κ3) is 4.82. The predicted molar refractivity (Wildman–Crippen MR) is 158 cm³/mol. The number of fused-ring (bicyclic) bond motifs is 5. The van der Waals surface area contributed by atoms with E-state index in [1.54, 1.807) is 3.58 Å². The van der Waals surface area contributed by atoms with Crippen molar-refractivity contribution < 1.29 is 9.84 Å². The predicted octanol–water partition coefficient (Wildman–Crippen LogP) is 7.86. The molecule has 2 aromatic rings. The lowest BCUT2D eigenvalue weighted by atomic mass is 9.51. The molecule has 3 nitrogen and oxygen atoms in total. The average Bonchev–Trinajstić information content (AvgIpc) is 3.18. The summed E-state index contributed by atoms with van der Waals surface area (Å²) >= 11 is 2.62. The third-order valence-corrected chi connectivity index (χ3v) is 11.3. The number of hydrogen-bond donors (Lipinski definition) is 1. The molecule has 1 saturated heterocycles. The number of halogens is 2. The smallest absolute Gasteiger partial charge is 0.119 e. The first kappa shape index (κ1) is 26.4. The highest BCUT2D eigenvalue weighted by molar-refractivity contribution is 14.1. The number of likely N-dealkylation sites (tertiary alicyclic amines) is 1. The highest BCUT2D eigenvalue weighted by Crippen LogP contribution is 2.66. The van der Waals surface area contributed by atoms with Gasteiger partial charge in [0.1, 0.15) is 18.1 Å². The van der Waals surface area contributed by atoms with E-state index >= 15 is 0 Å². The average molecular weight is 620 g/mol. The zero-order valence-electron chi connectivity index (χ0n) is 21.3. The number of nitrogens with zero attached hydrogens (tertiary/aromatic N) is 1. The van der Waals surface area contributed by atoms with E-state index < -0.39 is 0 Å². The van der Waals surface area contributed by atoms with Crippen molar-refractivity contribution in [1.82, 2.24) is 4.90 Å². The number of benzene rings is 2. The number of ether oxygens (including phenoxy) is 1. The van der Waals surface area contributed by atoms with E-state index in [2.05, 4.69) is 70.8 Å². The van der Waals surface area contributed by atoms with Crippen molar-refractivity contribution in [3.63, 3.8) is 0 Å². The first-order valence-electron chi connectivity index (χ1n) is 13.7. The van der Waals surface area contributed by atoms with E-state index in [9.17, 15) is 5.11 Å². The first-order chi connectivity index (χ1) is 17.0. The van der Waals surface area contributed by atoms with E-state index in [0.717, 1.165) is 31.2 Å². The Morgan fingerprint density at radius 3 is 2.64 bits per heavy atom. The summed E-state index contributed by atoms with van der Waals surface area (Å²) in [5.41, 5.74) is 4.57. The van der Waals surface area contributed by atoms with E-state index in [0.29, 0.717) is 23.5 Å². The summed E-state index contributed by atoms with van der Waals surface area (Å²) < 4.78 is 7.72. The Labute approximate surface area is 236 Å². The Morgan fingerprint density at radius 1 is 1.08 bits per heavy atom. The second-order valence-electron chi connectivity index (χ2n) is 11.6. The molecule has 1 aliphatic heterocycles. The molecule has 2 fully saturated rings. The minimum atomic E-state index is 0. The molecule has 0 aromatic heterocycles. The summed E-state index contributed by atoms with van der Waals surface area (Å²) in [4.78, 5) is 2.53. The molecule has 0 spiro atoms. The van der Waals surface area contributed by atoms with Crippen molar-refractivity contribution in [1.29, 1.82) is 0 Å². The maximum absolute atomic E-state index is 10.2. The van der Waals surface area contributed by atoms with Gasteiger partial charge in [-0.25, -0.2) is 0 Å². The highest BCUT2D eigenvalue weighted by atomic mass is 127. The van der Waals surface area contributed by atoms with E-state index in [1.165, 1.54) is 68.3 Å². The van der Waals surface area contributed by atoms with Crippen LogP contribution in [0.15, 0.2) is 52.1 Å². The van der Waals surface area contributed by atoms with Gasteiger partial charge in [-0.1, -0.05) is 37.6 Å². The fourth-order valence-electron chi connectivity index (χ4n) is 7.83. The largest absolute Gasteiger partial charge is 0.508 e. The molecule has 0 unspecified atom stereocenters. The van der Waals surface area contributed by atoms with Crippen LogP contribution in [0.4, 0.5) is 0 Å². The lowest BCUT2D eigenvalue weighted by Gasteiger charge is -2.53. The fourth-order valence-corrected chi connectivity index (χ4v) is 8.70. The Hall–Kier alpha value is -1.24. The van der Waals surface area contributed by atoms with E-state index in [4.69, 9.17) is 4.74 Å². The van der Waals surface area contributed by atoms with Crippen molar-refractivity contribution >= 4 is 35.0 Å². The normalized spacial score (nSPS) is 31.4. The topological polar surface area (TPSA) is 32.7 Å². The second kappa shape index (κ2) is 10.9. The van der Waals surface area contributed by atoms with E-state index in [1.807, 2.05) is 12.1 Å². The number of hydrogen-bond acceptors (Lipinski definition) is 3. The van der Waals surface area contributed by atoms with Crippen molar-refractivity contribution in [3.8, 4) is 11.5 Å². The molecule has 0 bridgehead atoms. The van der Waals surface area contributed by atoms with Crippen LogP contribution in [0.5, 0.6) is 11.5 Å². The monoisotopic (exact) mass is 619 g/mol. The SMILES string of the molecule is C[C@]12C[C@H](c3ccc(OCCN4CCCCC4)cc3)[C@@H]3c4ccc(O)cc4CC[C@H]3[C@@H]1CC=C2I.Cl. The maximum Gasteiger partial charge on any atom is 0.119 e. The molecule has 1 N–H and O–H groups in total. The lowest BCUT2D eigenvalue weighted by Crippen LogP contribution is -2.44. The van der Waals surface area contributed by atoms with Gasteiger partial charge in [0.2, 0.25) is 0 Å². The van der Waals surface area contributed by atoms with Gasteiger partial charge >= 0.3 is 0 Å². The molecule has 3 aliphatic carbocycles. The molecule has 5 heteroatoms. The number of aryl methyl sites for hydroxylation is 1. The first-order valence-corrected chi connectivity index (χ1v) is 14.7. The molecular weight excluding hydrogens is 581 g/mol. The molecule has 0 radical (unpaired) electrons. The molecule has 6 rings (SSSR count). The summed E-state index contributed by atoms with van der Waals surface area (Å²) in [5, 5.41) is 10.2. The maximum atomic E-state index is 10.2. The van der Waals surface area contributed by atoms with Crippen LogP contribution in [0.2, 0.25) is 0 Å². The van der Waals surface area contributed by atoms with Gasteiger partial charge in [0.25, 0.3) is 0 Å². The minimum Gasteiger partial charge on any atom is -0.508 e. The summed E-state index contributed by atoms with van der Waals surface area (Å²) in [5.74, 6) is 3.84.